The van der Waals surface area contributed by atoms with Crippen molar-refractivity contribution in [1.29, 1.82) is 0 Å². The van der Waals surface area contributed by atoms with Crippen LogP contribution in [-0.4, -0.2) is 0 Å². The number of fused-ring (bicyclic) bond motifs is 3. The first-order chi connectivity index (χ1) is 22.8. The Balaban J connectivity index is 1.03. The normalized spacial score (nSPS) is 12.8. The summed E-state index contributed by atoms with van der Waals surface area (Å²) in [5.41, 5.74) is 10.6. The second kappa shape index (κ2) is 7.99. The maximum absolute atomic E-state index is 2.37. The Morgan fingerprint density at radius 2 is 0.587 bits per heavy atom. The second-order valence-electron chi connectivity index (χ2n) is 13.2. The van der Waals surface area contributed by atoms with Crippen molar-refractivity contribution in [3.63, 3.8) is 0 Å². The summed E-state index contributed by atoms with van der Waals surface area (Å²) in [5, 5.41) is 18.9. The van der Waals surface area contributed by atoms with E-state index in [0.717, 1.165) is 0 Å². The average molecular weight is 577 g/mol. The van der Waals surface area contributed by atoms with Crippen LogP contribution in [0.3, 0.4) is 0 Å². The lowest BCUT2D eigenvalue weighted by molar-refractivity contribution is 1.67. The van der Waals surface area contributed by atoms with Crippen LogP contribution in [0.2, 0.25) is 0 Å². The highest BCUT2D eigenvalue weighted by Gasteiger charge is 2.23. The summed E-state index contributed by atoms with van der Waals surface area (Å²) in [6.45, 7) is 0. The largest absolute Gasteiger partial charge is 0.0610 e. The molecule has 0 bridgehead atoms. The molecule has 0 saturated heterocycles. The molecule has 0 heterocycles. The zero-order valence-electron chi connectivity index (χ0n) is 24.9. The molecule has 0 aliphatic heterocycles. The van der Waals surface area contributed by atoms with E-state index in [1.807, 2.05) is 0 Å². The quantitative estimate of drug-likeness (QED) is 0.180. The van der Waals surface area contributed by atoms with Gasteiger partial charge in [0.05, 0.1) is 0 Å². The fourth-order valence-electron chi connectivity index (χ4n) is 9.06. The molecule has 2 aliphatic carbocycles. The van der Waals surface area contributed by atoms with Crippen LogP contribution >= 0.6 is 0 Å². The molecule has 208 valence electrons. The smallest absolute Gasteiger partial charge is 0.00139 e. The van der Waals surface area contributed by atoms with E-state index in [4.69, 9.17) is 0 Å². The summed E-state index contributed by atoms with van der Waals surface area (Å²) < 4.78 is 0. The molecule has 0 N–H and O–H groups in total. The summed E-state index contributed by atoms with van der Waals surface area (Å²) in [6, 6.07) is 55.1. The van der Waals surface area contributed by atoms with Crippen molar-refractivity contribution in [3.05, 3.63) is 146 Å². The Labute approximate surface area is 264 Å². The van der Waals surface area contributed by atoms with E-state index in [1.54, 1.807) is 0 Å². The predicted octanol–water partition coefficient (Wildman–Crippen LogP) is 13.1. The van der Waals surface area contributed by atoms with Gasteiger partial charge >= 0.3 is 0 Å². The summed E-state index contributed by atoms with van der Waals surface area (Å²) in [7, 11) is 0. The van der Waals surface area contributed by atoms with Crippen molar-refractivity contribution in [3.8, 4) is 44.5 Å². The van der Waals surface area contributed by atoms with Crippen molar-refractivity contribution >= 4 is 75.4 Å². The van der Waals surface area contributed by atoms with Crippen molar-refractivity contribution < 1.29 is 0 Å². The molecule has 2 aliphatic rings. The Morgan fingerprint density at radius 1 is 0.217 bits per heavy atom. The Morgan fingerprint density at radius 3 is 1.07 bits per heavy atom. The highest BCUT2D eigenvalue weighted by molar-refractivity contribution is 6.35. The van der Waals surface area contributed by atoms with Crippen LogP contribution in [0.1, 0.15) is 0 Å². The lowest BCUT2D eigenvalue weighted by atomic mass is 9.91. The fraction of sp³-hybridized carbons (Fsp3) is 0. The third kappa shape index (κ3) is 2.74. The standard InChI is InChI=1S/C46H24/c1-3-25-7-9-27-15-17-37-33(19-21-39-35(5-1)41(25)43(27)45(37)39)31-13-11-30-24-32(14-12-29(30)23-31)34-20-22-40-36-6-2-4-26-8-10-28-16-18-38(34)46(40)44(28)42(26)36/h1-24H. The molecule has 0 atom stereocenters. The molecule has 10 aromatic carbocycles. The second-order valence-corrected chi connectivity index (χ2v) is 13.2. The summed E-state index contributed by atoms with van der Waals surface area (Å²) >= 11 is 0. The molecule has 0 spiro atoms. The zero-order chi connectivity index (χ0) is 29.7. The van der Waals surface area contributed by atoms with Gasteiger partial charge in [-0.3, -0.25) is 0 Å². The Bertz CT molecular complexity index is 2860. The van der Waals surface area contributed by atoms with Crippen molar-refractivity contribution in [2.45, 2.75) is 0 Å². The highest BCUT2D eigenvalue weighted by Crippen LogP contribution is 2.51. The number of hydrogen-bond acceptors (Lipinski definition) is 0. The first-order valence-corrected chi connectivity index (χ1v) is 16.2. The van der Waals surface area contributed by atoms with Crippen LogP contribution in [0.15, 0.2) is 146 Å². The first-order valence-electron chi connectivity index (χ1n) is 16.2. The number of benzene rings is 10. The summed E-state index contributed by atoms with van der Waals surface area (Å²) in [6.07, 6.45) is 0. The SMILES string of the molecule is c1cc2c3c(c1)ccc1ccc4c(-c5ccc6cc(-c7ccc8c9c7ccc7ccc%10cccc-8c%10c79)ccc6c5)ccc-2c4c13. The van der Waals surface area contributed by atoms with Gasteiger partial charge in [0.1, 0.15) is 0 Å². The predicted molar refractivity (Wildman–Crippen MR) is 198 cm³/mol. The topological polar surface area (TPSA) is 0 Å². The number of rotatable bonds is 2. The third-order valence-corrected chi connectivity index (χ3v) is 11.0. The van der Waals surface area contributed by atoms with Gasteiger partial charge < -0.3 is 0 Å². The molecule has 0 unspecified atom stereocenters. The molecular formula is C46H24. The maximum atomic E-state index is 2.37. The van der Waals surface area contributed by atoms with E-state index in [9.17, 15) is 0 Å². The molecule has 10 aromatic rings. The van der Waals surface area contributed by atoms with Gasteiger partial charge in [0, 0.05) is 0 Å². The minimum absolute atomic E-state index is 1.27. The van der Waals surface area contributed by atoms with Gasteiger partial charge in [-0.05, 0) is 132 Å². The van der Waals surface area contributed by atoms with Gasteiger partial charge in [0.25, 0.3) is 0 Å². The monoisotopic (exact) mass is 576 g/mol. The van der Waals surface area contributed by atoms with Gasteiger partial charge in [-0.2, -0.15) is 0 Å². The minimum Gasteiger partial charge on any atom is -0.0610 e. The van der Waals surface area contributed by atoms with E-state index < -0.39 is 0 Å². The van der Waals surface area contributed by atoms with Crippen LogP contribution in [0.5, 0.6) is 0 Å². The molecule has 0 saturated carbocycles. The molecule has 12 rings (SSSR count). The van der Waals surface area contributed by atoms with Crippen LogP contribution in [-0.2, 0) is 0 Å². The van der Waals surface area contributed by atoms with Gasteiger partial charge in [-0.25, -0.2) is 0 Å². The Hall–Kier alpha value is -5.98. The average Bonchev–Trinajstić information content (AvgIpc) is 3.65. The molecule has 0 nitrogen and oxygen atoms in total. The fourth-order valence-corrected chi connectivity index (χ4v) is 9.06. The Kier molecular flexibility index (Phi) is 4.07. The third-order valence-electron chi connectivity index (χ3n) is 11.0. The van der Waals surface area contributed by atoms with E-state index in [2.05, 4.69) is 146 Å². The lowest BCUT2D eigenvalue weighted by Crippen LogP contribution is -1.86. The van der Waals surface area contributed by atoms with Crippen LogP contribution in [0, 0.1) is 0 Å². The highest BCUT2D eigenvalue weighted by atomic mass is 14.3. The van der Waals surface area contributed by atoms with E-state index in [1.165, 1.54) is 120 Å². The van der Waals surface area contributed by atoms with Crippen molar-refractivity contribution in [2.75, 3.05) is 0 Å². The molecule has 0 heteroatoms. The van der Waals surface area contributed by atoms with Gasteiger partial charge in [-0.15, -0.1) is 0 Å². The zero-order valence-corrected chi connectivity index (χ0v) is 24.9. The number of hydrogen-bond donors (Lipinski definition) is 0. The molecular weight excluding hydrogens is 553 g/mol. The van der Waals surface area contributed by atoms with Crippen molar-refractivity contribution in [2.24, 2.45) is 0 Å². The van der Waals surface area contributed by atoms with Gasteiger partial charge in [0.2, 0.25) is 0 Å². The molecule has 0 radical (unpaired) electrons. The van der Waals surface area contributed by atoms with E-state index >= 15 is 0 Å². The minimum atomic E-state index is 1.27. The first kappa shape index (κ1) is 23.4. The molecule has 0 aromatic heterocycles. The summed E-state index contributed by atoms with van der Waals surface area (Å²) in [5.74, 6) is 0. The van der Waals surface area contributed by atoms with Crippen LogP contribution < -0.4 is 0 Å². The van der Waals surface area contributed by atoms with E-state index in [-0.39, 0.29) is 0 Å². The molecule has 46 heavy (non-hydrogen) atoms. The van der Waals surface area contributed by atoms with Gasteiger partial charge in [-0.1, -0.05) is 133 Å². The van der Waals surface area contributed by atoms with Crippen LogP contribution in [0.4, 0.5) is 0 Å². The molecule has 0 fully saturated rings. The maximum Gasteiger partial charge on any atom is -0.00139 e. The molecule has 0 amide bonds. The van der Waals surface area contributed by atoms with Crippen molar-refractivity contribution in [1.82, 2.24) is 0 Å². The van der Waals surface area contributed by atoms with Gasteiger partial charge in [0.15, 0.2) is 0 Å². The van der Waals surface area contributed by atoms with E-state index in [0.29, 0.717) is 0 Å². The van der Waals surface area contributed by atoms with Crippen LogP contribution in [0.25, 0.3) is 120 Å². The summed E-state index contributed by atoms with van der Waals surface area (Å²) in [4.78, 5) is 0. The lowest BCUT2D eigenvalue weighted by Gasteiger charge is -2.13.